The third kappa shape index (κ3) is 2.61. The zero-order valence-electron chi connectivity index (χ0n) is 9.85. The number of aryl methyl sites for hydroxylation is 2. The van der Waals surface area contributed by atoms with E-state index in [-0.39, 0.29) is 5.82 Å². The fraction of sp³-hybridized carbons (Fsp3) is 0.333. The third-order valence-corrected chi connectivity index (χ3v) is 2.49. The van der Waals surface area contributed by atoms with E-state index < -0.39 is 0 Å². The average molecular weight is 235 g/mol. The molecule has 2 rings (SSSR count). The van der Waals surface area contributed by atoms with Crippen LogP contribution in [0.5, 0.6) is 5.75 Å². The van der Waals surface area contributed by atoms with Gasteiger partial charge in [0.2, 0.25) is 0 Å². The maximum atomic E-state index is 12.9. The highest BCUT2D eigenvalue weighted by Gasteiger charge is 2.05. The van der Waals surface area contributed by atoms with E-state index in [4.69, 9.17) is 4.74 Å². The summed E-state index contributed by atoms with van der Waals surface area (Å²) in [5.74, 6) is 1.17. The lowest BCUT2D eigenvalue weighted by atomic mass is 10.2. The summed E-state index contributed by atoms with van der Waals surface area (Å²) in [4.78, 5) is 4.10. The number of hydrogen-bond acceptors (Lipinski definition) is 3. The lowest BCUT2D eigenvalue weighted by molar-refractivity contribution is 0.285. The molecule has 90 valence electrons. The molecule has 0 aliphatic heterocycles. The number of aromatic nitrogens is 3. The molecule has 0 atom stereocenters. The standard InChI is InChI=1S/C12H14FN3O/c1-3-16-12(14-8-15-16)7-17-11-5-4-10(13)6-9(11)2/h4-6,8H,3,7H2,1-2H3. The second kappa shape index (κ2) is 4.95. The molecule has 4 nitrogen and oxygen atoms in total. The van der Waals surface area contributed by atoms with Crippen LogP contribution in [0.25, 0.3) is 0 Å². The summed E-state index contributed by atoms with van der Waals surface area (Å²) >= 11 is 0. The Morgan fingerprint density at radius 3 is 2.94 bits per heavy atom. The highest BCUT2D eigenvalue weighted by atomic mass is 19.1. The molecule has 5 heteroatoms. The van der Waals surface area contributed by atoms with Gasteiger partial charge in [-0.2, -0.15) is 5.10 Å². The monoisotopic (exact) mass is 235 g/mol. The first kappa shape index (κ1) is 11.6. The second-order valence-corrected chi connectivity index (χ2v) is 3.69. The molecular weight excluding hydrogens is 221 g/mol. The fourth-order valence-electron chi connectivity index (χ4n) is 1.58. The van der Waals surface area contributed by atoms with Crippen molar-refractivity contribution in [2.24, 2.45) is 0 Å². The Kier molecular flexibility index (Phi) is 3.37. The van der Waals surface area contributed by atoms with E-state index in [1.165, 1.54) is 18.5 Å². The van der Waals surface area contributed by atoms with E-state index in [1.807, 2.05) is 13.8 Å². The molecule has 0 aliphatic carbocycles. The predicted molar refractivity (Wildman–Crippen MR) is 61.2 cm³/mol. The quantitative estimate of drug-likeness (QED) is 0.816. The van der Waals surface area contributed by atoms with E-state index in [0.717, 1.165) is 17.9 Å². The van der Waals surface area contributed by atoms with Gasteiger partial charge in [-0.1, -0.05) is 0 Å². The highest BCUT2D eigenvalue weighted by molar-refractivity contribution is 5.32. The van der Waals surface area contributed by atoms with E-state index in [2.05, 4.69) is 10.1 Å². The molecule has 0 spiro atoms. The summed E-state index contributed by atoms with van der Waals surface area (Å²) in [6.45, 7) is 4.88. The van der Waals surface area contributed by atoms with Crippen molar-refractivity contribution < 1.29 is 9.13 Å². The van der Waals surface area contributed by atoms with Crippen molar-refractivity contribution in [3.63, 3.8) is 0 Å². The first-order valence-corrected chi connectivity index (χ1v) is 5.46. The average Bonchev–Trinajstić information content (AvgIpc) is 2.75. The van der Waals surface area contributed by atoms with E-state index in [0.29, 0.717) is 12.4 Å². The van der Waals surface area contributed by atoms with Gasteiger partial charge in [-0.15, -0.1) is 0 Å². The van der Waals surface area contributed by atoms with Crippen molar-refractivity contribution in [1.29, 1.82) is 0 Å². The minimum atomic E-state index is -0.258. The van der Waals surface area contributed by atoms with E-state index >= 15 is 0 Å². The number of hydrogen-bond donors (Lipinski definition) is 0. The minimum absolute atomic E-state index is 0.258. The number of rotatable bonds is 4. The maximum absolute atomic E-state index is 12.9. The van der Waals surface area contributed by atoms with Gasteiger partial charge in [0, 0.05) is 6.54 Å². The van der Waals surface area contributed by atoms with Gasteiger partial charge in [0.25, 0.3) is 0 Å². The van der Waals surface area contributed by atoms with Crippen LogP contribution >= 0.6 is 0 Å². The van der Waals surface area contributed by atoms with Gasteiger partial charge in [0.15, 0.2) is 5.82 Å². The summed E-state index contributed by atoms with van der Waals surface area (Å²) in [5.41, 5.74) is 0.771. The van der Waals surface area contributed by atoms with Gasteiger partial charge in [0.05, 0.1) is 0 Å². The van der Waals surface area contributed by atoms with Crippen LogP contribution in [0.3, 0.4) is 0 Å². The normalized spacial score (nSPS) is 10.5. The van der Waals surface area contributed by atoms with Crippen LogP contribution in [-0.2, 0) is 13.2 Å². The largest absolute Gasteiger partial charge is 0.485 e. The molecule has 0 aliphatic rings. The molecule has 0 fully saturated rings. The number of halogens is 1. The lowest BCUT2D eigenvalue weighted by Crippen LogP contribution is -2.07. The van der Waals surface area contributed by atoms with Gasteiger partial charge >= 0.3 is 0 Å². The van der Waals surface area contributed by atoms with Crippen molar-refractivity contribution in [2.75, 3.05) is 0 Å². The molecule has 0 saturated heterocycles. The number of nitrogens with zero attached hydrogens (tertiary/aromatic N) is 3. The first-order chi connectivity index (χ1) is 8.20. The van der Waals surface area contributed by atoms with Crippen LogP contribution in [0.4, 0.5) is 4.39 Å². The molecule has 1 heterocycles. The van der Waals surface area contributed by atoms with Crippen molar-refractivity contribution in [3.8, 4) is 5.75 Å². The lowest BCUT2D eigenvalue weighted by Gasteiger charge is -2.09. The van der Waals surface area contributed by atoms with Crippen molar-refractivity contribution in [2.45, 2.75) is 27.0 Å². The molecule has 0 saturated carbocycles. The zero-order chi connectivity index (χ0) is 12.3. The van der Waals surface area contributed by atoms with Gasteiger partial charge in [0.1, 0.15) is 24.5 Å². The van der Waals surface area contributed by atoms with Crippen LogP contribution in [0.2, 0.25) is 0 Å². The first-order valence-electron chi connectivity index (χ1n) is 5.46. The molecule has 0 bridgehead atoms. The van der Waals surface area contributed by atoms with E-state index in [9.17, 15) is 4.39 Å². The molecule has 0 amide bonds. The van der Waals surface area contributed by atoms with Crippen LogP contribution < -0.4 is 4.74 Å². The molecule has 17 heavy (non-hydrogen) atoms. The Balaban J connectivity index is 2.07. The van der Waals surface area contributed by atoms with Gasteiger partial charge < -0.3 is 4.74 Å². The Morgan fingerprint density at radius 2 is 2.24 bits per heavy atom. The Hall–Kier alpha value is -1.91. The van der Waals surface area contributed by atoms with Crippen LogP contribution in [0.1, 0.15) is 18.3 Å². The molecule has 0 unspecified atom stereocenters. The second-order valence-electron chi connectivity index (χ2n) is 3.69. The van der Waals surface area contributed by atoms with Crippen molar-refractivity contribution in [3.05, 3.63) is 41.7 Å². The molecule has 1 aromatic heterocycles. The number of benzene rings is 1. The molecular formula is C12H14FN3O. The number of ether oxygens (including phenoxy) is 1. The molecule has 2 aromatic rings. The van der Waals surface area contributed by atoms with E-state index in [1.54, 1.807) is 10.7 Å². The van der Waals surface area contributed by atoms with Gasteiger partial charge in [-0.3, -0.25) is 0 Å². The zero-order valence-corrected chi connectivity index (χ0v) is 9.85. The summed E-state index contributed by atoms with van der Waals surface area (Å²) in [7, 11) is 0. The van der Waals surface area contributed by atoms with Crippen LogP contribution in [0, 0.1) is 12.7 Å². The van der Waals surface area contributed by atoms with Crippen LogP contribution in [-0.4, -0.2) is 14.8 Å². The smallest absolute Gasteiger partial charge is 0.164 e. The SMILES string of the molecule is CCn1ncnc1COc1ccc(F)cc1C. The fourth-order valence-corrected chi connectivity index (χ4v) is 1.58. The third-order valence-electron chi connectivity index (χ3n) is 2.49. The highest BCUT2D eigenvalue weighted by Crippen LogP contribution is 2.19. The minimum Gasteiger partial charge on any atom is -0.485 e. The molecule has 0 radical (unpaired) electrons. The molecule has 0 N–H and O–H groups in total. The van der Waals surface area contributed by atoms with Gasteiger partial charge in [-0.05, 0) is 37.6 Å². The van der Waals surface area contributed by atoms with Crippen molar-refractivity contribution >= 4 is 0 Å². The van der Waals surface area contributed by atoms with Crippen LogP contribution in [0.15, 0.2) is 24.5 Å². The Labute approximate surface area is 99.1 Å². The predicted octanol–water partition coefficient (Wildman–Crippen LogP) is 2.32. The molecule has 1 aromatic carbocycles. The Bertz CT molecular complexity index is 510. The van der Waals surface area contributed by atoms with Crippen molar-refractivity contribution in [1.82, 2.24) is 14.8 Å². The topological polar surface area (TPSA) is 39.9 Å². The summed E-state index contributed by atoms with van der Waals surface area (Å²) in [6.07, 6.45) is 1.50. The summed E-state index contributed by atoms with van der Waals surface area (Å²) in [6, 6.07) is 4.45. The Morgan fingerprint density at radius 1 is 1.41 bits per heavy atom. The summed E-state index contributed by atoms with van der Waals surface area (Å²) in [5, 5.41) is 4.05. The van der Waals surface area contributed by atoms with Gasteiger partial charge in [-0.25, -0.2) is 14.1 Å². The summed E-state index contributed by atoms with van der Waals surface area (Å²) < 4.78 is 20.2. The maximum Gasteiger partial charge on any atom is 0.164 e.